The zero-order valence-electron chi connectivity index (χ0n) is 12.5. The summed E-state index contributed by atoms with van der Waals surface area (Å²) in [5, 5.41) is 0.756. The Morgan fingerprint density at radius 3 is 2.95 bits per heavy atom. The highest BCUT2D eigenvalue weighted by atomic mass is 32.2. The van der Waals surface area contributed by atoms with Gasteiger partial charge in [0.2, 0.25) is 0 Å². The molecule has 0 aliphatic carbocycles. The first-order valence-corrected chi connectivity index (χ1v) is 8.68. The van der Waals surface area contributed by atoms with Crippen LogP contribution in [0.4, 0.5) is 0 Å². The molecule has 7 heteroatoms. The molecular formula is C14H18N4OS2. The predicted molar refractivity (Wildman–Crippen MR) is 88.0 cm³/mol. The van der Waals surface area contributed by atoms with Gasteiger partial charge >= 0.3 is 0 Å². The average Bonchev–Trinajstić information content (AvgIpc) is 2.96. The maximum Gasteiger partial charge on any atom is 0.173 e. The van der Waals surface area contributed by atoms with Crippen molar-refractivity contribution in [3.63, 3.8) is 0 Å². The van der Waals surface area contributed by atoms with Crippen molar-refractivity contribution in [1.82, 2.24) is 14.3 Å². The first-order chi connectivity index (χ1) is 10.0. The molecule has 1 unspecified atom stereocenters. The third-order valence-corrected chi connectivity index (χ3v) is 5.34. The minimum atomic E-state index is -1.22. The number of aryl methyl sites for hydroxylation is 1. The third-order valence-electron chi connectivity index (χ3n) is 3.04. The van der Waals surface area contributed by atoms with E-state index in [1.807, 2.05) is 39.8 Å². The fourth-order valence-electron chi connectivity index (χ4n) is 1.58. The molecule has 0 bridgehead atoms. The molecule has 2 aromatic rings. The Balaban J connectivity index is 2.24. The molecule has 2 atom stereocenters. The molecule has 0 fully saturated rings. The molecule has 0 aliphatic rings. The van der Waals surface area contributed by atoms with Gasteiger partial charge in [0.05, 0.1) is 11.0 Å². The number of nitrogens with zero attached hydrogens (tertiary/aromatic N) is 4. The standard InChI is InChI=1S/C14H18N4OS2/c1-5-10(3)21(19)18-11(4)14-16-13(17-20-14)12-6-7-15-9(2)8-12/h6-8,10H,5H2,1-4H3/b18-11+/t10-,21?/m1/s1. The van der Waals surface area contributed by atoms with Crippen LogP contribution in [0.25, 0.3) is 11.4 Å². The highest BCUT2D eigenvalue weighted by molar-refractivity contribution is 7.84. The maximum atomic E-state index is 12.0. The van der Waals surface area contributed by atoms with Crippen LogP contribution in [0.3, 0.4) is 0 Å². The van der Waals surface area contributed by atoms with E-state index in [0.717, 1.165) is 17.7 Å². The van der Waals surface area contributed by atoms with Gasteiger partial charge in [-0.1, -0.05) is 6.92 Å². The second-order valence-electron chi connectivity index (χ2n) is 4.78. The van der Waals surface area contributed by atoms with E-state index in [1.165, 1.54) is 11.5 Å². The van der Waals surface area contributed by atoms with Gasteiger partial charge in [-0.15, -0.1) is 0 Å². The van der Waals surface area contributed by atoms with Crippen LogP contribution in [0.15, 0.2) is 22.7 Å². The molecule has 0 saturated carbocycles. The van der Waals surface area contributed by atoms with Crippen molar-refractivity contribution < 1.29 is 4.21 Å². The topological polar surface area (TPSA) is 68.1 Å². The molecule has 21 heavy (non-hydrogen) atoms. The number of hydrogen-bond donors (Lipinski definition) is 0. The van der Waals surface area contributed by atoms with Gasteiger partial charge in [0.25, 0.3) is 0 Å². The fraction of sp³-hybridized carbons (Fsp3) is 0.429. The summed E-state index contributed by atoms with van der Waals surface area (Å²) in [7, 11) is -1.22. The van der Waals surface area contributed by atoms with Crippen molar-refractivity contribution in [2.75, 3.05) is 0 Å². The average molecular weight is 322 g/mol. The fourth-order valence-corrected chi connectivity index (χ4v) is 3.08. The van der Waals surface area contributed by atoms with Gasteiger partial charge in [-0.25, -0.2) is 9.19 Å². The first-order valence-electron chi connectivity index (χ1n) is 6.74. The molecule has 0 spiro atoms. The lowest BCUT2D eigenvalue weighted by Gasteiger charge is -2.03. The molecular weight excluding hydrogens is 304 g/mol. The van der Waals surface area contributed by atoms with Gasteiger partial charge in [0.15, 0.2) is 10.8 Å². The van der Waals surface area contributed by atoms with Crippen LogP contribution in [0.2, 0.25) is 0 Å². The van der Waals surface area contributed by atoms with Crippen LogP contribution in [0, 0.1) is 6.92 Å². The van der Waals surface area contributed by atoms with Crippen LogP contribution in [-0.4, -0.2) is 29.5 Å². The third kappa shape index (κ3) is 4.01. The number of rotatable bonds is 5. The summed E-state index contributed by atoms with van der Waals surface area (Å²) < 4.78 is 20.5. The van der Waals surface area contributed by atoms with E-state index in [0.29, 0.717) is 16.5 Å². The molecule has 0 radical (unpaired) electrons. The van der Waals surface area contributed by atoms with E-state index in [9.17, 15) is 4.21 Å². The molecule has 5 nitrogen and oxygen atoms in total. The summed E-state index contributed by atoms with van der Waals surface area (Å²) in [6.07, 6.45) is 2.57. The minimum absolute atomic E-state index is 0.0511. The lowest BCUT2D eigenvalue weighted by atomic mass is 10.2. The Morgan fingerprint density at radius 2 is 2.29 bits per heavy atom. The maximum absolute atomic E-state index is 12.0. The Morgan fingerprint density at radius 1 is 1.52 bits per heavy atom. The molecule has 0 aliphatic heterocycles. The van der Waals surface area contributed by atoms with Crippen LogP contribution in [0.1, 0.15) is 37.9 Å². The smallest absolute Gasteiger partial charge is 0.173 e. The van der Waals surface area contributed by atoms with Crippen LogP contribution in [-0.2, 0) is 11.0 Å². The van der Waals surface area contributed by atoms with E-state index in [1.54, 1.807) is 6.20 Å². The van der Waals surface area contributed by atoms with E-state index in [2.05, 4.69) is 18.7 Å². The zero-order chi connectivity index (χ0) is 15.4. The molecule has 2 aromatic heterocycles. The van der Waals surface area contributed by atoms with E-state index >= 15 is 0 Å². The minimum Gasteiger partial charge on any atom is -0.262 e. The van der Waals surface area contributed by atoms with E-state index < -0.39 is 11.0 Å². The normalized spacial score (nSPS) is 15.0. The van der Waals surface area contributed by atoms with E-state index in [4.69, 9.17) is 0 Å². The molecule has 0 aromatic carbocycles. The van der Waals surface area contributed by atoms with Gasteiger partial charge in [-0.05, 0) is 50.9 Å². The predicted octanol–water partition coefficient (Wildman–Crippen LogP) is 3.18. The second kappa shape index (κ2) is 7.00. The number of aromatic nitrogens is 3. The summed E-state index contributed by atoms with van der Waals surface area (Å²) >= 11 is 1.27. The summed E-state index contributed by atoms with van der Waals surface area (Å²) in [5.74, 6) is 0.657. The summed E-state index contributed by atoms with van der Waals surface area (Å²) in [4.78, 5) is 8.63. The van der Waals surface area contributed by atoms with Gasteiger partial charge in [0, 0.05) is 17.5 Å². The molecule has 2 rings (SSSR count). The van der Waals surface area contributed by atoms with Crippen molar-refractivity contribution in [2.24, 2.45) is 4.40 Å². The van der Waals surface area contributed by atoms with Crippen molar-refractivity contribution in [3.05, 3.63) is 29.0 Å². The van der Waals surface area contributed by atoms with Crippen molar-refractivity contribution in [2.45, 2.75) is 39.4 Å². The van der Waals surface area contributed by atoms with Crippen LogP contribution in [0.5, 0.6) is 0 Å². The Labute approximate surface area is 131 Å². The highest BCUT2D eigenvalue weighted by Crippen LogP contribution is 2.19. The lowest BCUT2D eigenvalue weighted by Crippen LogP contribution is -2.08. The first kappa shape index (κ1) is 15.9. The molecule has 0 amide bonds. The second-order valence-corrected chi connectivity index (χ2v) is 7.07. The van der Waals surface area contributed by atoms with Crippen molar-refractivity contribution >= 4 is 28.2 Å². The summed E-state index contributed by atoms with van der Waals surface area (Å²) in [6.45, 7) is 7.68. The quantitative estimate of drug-likeness (QED) is 0.793. The molecule has 2 heterocycles. The Bertz CT molecular complexity index is 681. The van der Waals surface area contributed by atoms with Crippen LogP contribution >= 0.6 is 11.5 Å². The van der Waals surface area contributed by atoms with Crippen molar-refractivity contribution in [3.8, 4) is 11.4 Å². The number of pyridine rings is 1. The SMILES string of the molecule is CC[C@@H](C)S(=O)/N=C(\C)c1nc(-c2ccnc(C)c2)ns1. The zero-order valence-corrected chi connectivity index (χ0v) is 14.2. The molecule has 0 N–H and O–H groups in total. The van der Waals surface area contributed by atoms with Gasteiger partial charge < -0.3 is 0 Å². The Hall–Kier alpha value is -1.47. The monoisotopic (exact) mass is 322 g/mol. The largest absolute Gasteiger partial charge is 0.262 e. The van der Waals surface area contributed by atoms with Gasteiger partial charge in [-0.2, -0.15) is 8.77 Å². The summed E-state index contributed by atoms with van der Waals surface area (Å²) in [5.41, 5.74) is 2.52. The van der Waals surface area contributed by atoms with Crippen molar-refractivity contribution in [1.29, 1.82) is 0 Å². The highest BCUT2D eigenvalue weighted by Gasteiger charge is 2.12. The van der Waals surface area contributed by atoms with Gasteiger partial charge in [-0.3, -0.25) is 4.98 Å². The van der Waals surface area contributed by atoms with Crippen LogP contribution < -0.4 is 0 Å². The number of hydrogen-bond acceptors (Lipinski definition) is 5. The summed E-state index contributed by atoms with van der Waals surface area (Å²) in [6, 6.07) is 3.82. The lowest BCUT2D eigenvalue weighted by molar-refractivity contribution is 0.672. The molecule has 112 valence electrons. The molecule has 0 saturated heterocycles. The Kier molecular flexibility index (Phi) is 5.30. The van der Waals surface area contributed by atoms with Gasteiger partial charge in [0.1, 0.15) is 11.0 Å². The van der Waals surface area contributed by atoms with E-state index in [-0.39, 0.29) is 5.25 Å².